The lowest BCUT2D eigenvalue weighted by Gasteiger charge is -2.15. The second-order valence-electron chi connectivity index (χ2n) is 9.30. The van der Waals surface area contributed by atoms with Gasteiger partial charge in [0.05, 0.1) is 35.4 Å². The number of nitrogens with one attached hydrogen (secondary N) is 2. The van der Waals surface area contributed by atoms with Crippen molar-refractivity contribution in [3.05, 3.63) is 22.8 Å². The van der Waals surface area contributed by atoms with Crippen LogP contribution in [0.25, 0.3) is 0 Å². The summed E-state index contributed by atoms with van der Waals surface area (Å²) in [6.07, 6.45) is 2.36. The van der Waals surface area contributed by atoms with E-state index >= 15 is 0 Å². The number of carbonyl (C=O) groups is 2. The van der Waals surface area contributed by atoms with Crippen molar-refractivity contribution in [1.82, 2.24) is 14.8 Å². The quantitative estimate of drug-likeness (QED) is 0.676. The number of amides is 2. The summed E-state index contributed by atoms with van der Waals surface area (Å²) in [4.78, 5) is 28.9. The molecule has 1 saturated heterocycles. The standard InChI is InChI=1S/C20H27N5O4S2/c1-20(2,3)15-9-16(25(24-15)14-6-7-31(28,29)11-14)22-17(26)8-13-10-30-19(21-13)23-18(27)12-4-5-12/h9-10,12,14H,4-8,11H2,1-3H3,(H,22,26)(H,21,23,27)/t14-/m1/s1. The second kappa shape index (κ2) is 8.01. The van der Waals surface area contributed by atoms with Gasteiger partial charge in [-0.25, -0.2) is 18.1 Å². The molecule has 1 aliphatic heterocycles. The van der Waals surface area contributed by atoms with Crippen LogP contribution in [0.15, 0.2) is 11.4 Å². The molecular weight excluding hydrogens is 438 g/mol. The van der Waals surface area contributed by atoms with Gasteiger partial charge in [0, 0.05) is 22.8 Å². The van der Waals surface area contributed by atoms with Gasteiger partial charge in [0.15, 0.2) is 15.0 Å². The van der Waals surface area contributed by atoms with Crippen LogP contribution in [0.5, 0.6) is 0 Å². The molecule has 1 saturated carbocycles. The number of anilines is 2. The van der Waals surface area contributed by atoms with Crippen molar-refractivity contribution < 1.29 is 18.0 Å². The third-order valence-electron chi connectivity index (χ3n) is 5.40. The Balaban J connectivity index is 1.46. The number of hydrogen-bond donors (Lipinski definition) is 2. The molecule has 0 aromatic carbocycles. The monoisotopic (exact) mass is 465 g/mol. The van der Waals surface area contributed by atoms with E-state index in [0.29, 0.717) is 23.1 Å². The van der Waals surface area contributed by atoms with Gasteiger partial charge in [-0.1, -0.05) is 20.8 Å². The van der Waals surface area contributed by atoms with Gasteiger partial charge in [0.25, 0.3) is 0 Å². The van der Waals surface area contributed by atoms with Gasteiger partial charge >= 0.3 is 0 Å². The third kappa shape index (κ3) is 5.32. The largest absolute Gasteiger partial charge is 0.311 e. The molecule has 0 unspecified atom stereocenters. The molecule has 3 heterocycles. The summed E-state index contributed by atoms with van der Waals surface area (Å²) in [7, 11) is -3.09. The lowest BCUT2D eigenvalue weighted by molar-refractivity contribution is -0.117. The Labute approximate surface area is 185 Å². The fourth-order valence-electron chi connectivity index (χ4n) is 3.45. The van der Waals surface area contributed by atoms with Crippen LogP contribution in [0.3, 0.4) is 0 Å². The average Bonchev–Trinajstić information content (AvgIpc) is 3.13. The number of sulfone groups is 1. The molecule has 2 amide bonds. The number of aromatic nitrogens is 3. The third-order valence-corrected chi connectivity index (χ3v) is 7.95. The maximum atomic E-state index is 12.7. The second-order valence-corrected chi connectivity index (χ2v) is 12.4. The maximum Gasteiger partial charge on any atom is 0.231 e. The van der Waals surface area contributed by atoms with E-state index in [0.717, 1.165) is 18.5 Å². The first-order chi connectivity index (χ1) is 14.5. The highest BCUT2D eigenvalue weighted by molar-refractivity contribution is 7.91. The van der Waals surface area contributed by atoms with Crippen LogP contribution in [0.2, 0.25) is 0 Å². The molecule has 0 radical (unpaired) electrons. The molecule has 0 bridgehead atoms. The fourth-order valence-corrected chi connectivity index (χ4v) is 5.86. The van der Waals surface area contributed by atoms with Crippen LogP contribution >= 0.6 is 11.3 Å². The van der Waals surface area contributed by atoms with Crippen LogP contribution in [0.1, 0.15) is 57.5 Å². The summed E-state index contributed by atoms with van der Waals surface area (Å²) in [6.45, 7) is 6.05. The molecule has 1 atom stereocenters. The van der Waals surface area contributed by atoms with E-state index in [2.05, 4.69) is 20.7 Å². The number of carbonyl (C=O) groups excluding carboxylic acids is 2. The lowest BCUT2D eigenvalue weighted by Crippen LogP contribution is -2.21. The Morgan fingerprint density at radius 2 is 1.97 bits per heavy atom. The highest BCUT2D eigenvalue weighted by Gasteiger charge is 2.33. The van der Waals surface area contributed by atoms with Gasteiger partial charge in [0.2, 0.25) is 11.8 Å². The molecule has 2 aromatic rings. The van der Waals surface area contributed by atoms with E-state index in [4.69, 9.17) is 0 Å². The van der Waals surface area contributed by atoms with Crippen molar-refractivity contribution in [3.63, 3.8) is 0 Å². The maximum absolute atomic E-state index is 12.7. The topological polar surface area (TPSA) is 123 Å². The van der Waals surface area contributed by atoms with Crippen LogP contribution in [-0.2, 0) is 31.3 Å². The van der Waals surface area contributed by atoms with E-state index < -0.39 is 9.84 Å². The zero-order valence-corrected chi connectivity index (χ0v) is 19.5. The molecule has 11 heteroatoms. The van der Waals surface area contributed by atoms with Crippen LogP contribution in [0.4, 0.5) is 10.9 Å². The molecule has 168 valence electrons. The van der Waals surface area contributed by atoms with Gasteiger partial charge in [-0.15, -0.1) is 11.3 Å². The van der Waals surface area contributed by atoms with Gasteiger partial charge < -0.3 is 10.6 Å². The van der Waals surface area contributed by atoms with Crippen LogP contribution in [0, 0.1) is 5.92 Å². The van der Waals surface area contributed by atoms with Gasteiger partial charge in [-0.2, -0.15) is 5.10 Å². The lowest BCUT2D eigenvalue weighted by atomic mass is 9.92. The number of nitrogens with zero attached hydrogens (tertiary/aromatic N) is 3. The van der Waals surface area contributed by atoms with Gasteiger partial charge in [-0.05, 0) is 19.3 Å². The molecule has 0 spiro atoms. The number of rotatable bonds is 6. The van der Waals surface area contributed by atoms with Crippen molar-refractivity contribution >= 4 is 43.9 Å². The van der Waals surface area contributed by atoms with Crippen molar-refractivity contribution in [1.29, 1.82) is 0 Å². The average molecular weight is 466 g/mol. The first kappa shape index (κ1) is 21.9. The Morgan fingerprint density at radius 3 is 2.58 bits per heavy atom. The van der Waals surface area contributed by atoms with Crippen LogP contribution in [-0.4, -0.2) is 46.5 Å². The summed E-state index contributed by atoms with van der Waals surface area (Å²) < 4.78 is 25.5. The van der Waals surface area contributed by atoms with Crippen molar-refractivity contribution in [3.8, 4) is 0 Å². The highest BCUT2D eigenvalue weighted by Crippen LogP contribution is 2.32. The summed E-state index contributed by atoms with van der Waals surface area (Å²) in [5.41, 5.74) is 1.11. The van der Waals surface area contributed by atoms with E-state index in [1.165, 1.54) is 11.3 Å². The normalized spacial score (nSPS) is 20.5. The molecule has 4 rings (SSSR count). The molecule has 1 aliphatic carbocycles. The molecule has 2 aliphatic rings. The zero-order chi connectivity index (χ0) is 22.4. The van der Waals surface area contributed by atoms with E-state index in [9.17, 15) is 18.0 Å². The van der Waals surface area contributed by atoms with Gasteiger partial charge in [0.1, 0.15) is 5.82 Å². The molecule has 9 nitrogen and oxygen atoms in total. The smallest absolute Gasteiger partial charge is 0.231 e. The Kier molecular flexibility index (Phi) is 5.67. The fraction of sp³-hybridized carbons (Fsp3) is 0.600. The highest BCUT2D eigenvalue weighted by atomic mass is 32.2. The molecule has 2 fully saturated rings. The molecule has 2 N–H and O–H groups in total. The molecular formula is C20H27N5O4S2. The van der Waals surface area contributed by atoms with E-state index in [1.54, 1.807) is 10.1 Å². The summed E-state index contributed by atoms with van der Waals surface area (Å²) in [5, 5.41) is 12.5. The summed E-state index contributed by atoms with van der Waals surface area (Å²) in [5.74, 6) is 0.450. The minimum atomic E-state index is -3.09. The van der Waals surface area contributed by atoms with Crippen molar-refractivity contribution in [2.75, 3.05) is 22.1 Å². The molecule has 2 aromatic heterocycles. The minimum absolute atomic E-state index is 0.0181. The predicted octanol–water partition coefficient (Wildman–Crippen LogP) is 2.53. The zero-order valence-electron chi connectivity index (χ0n) is 17.8. The number of hydrogen-bond acceptors (Lipinski definition) is 7. The Bertz CT molecular complexity index is 1110. The first-order valence-corrected chi connectivity index (χ1v) is 13.1. The van der Waals surface area contributed by atoms with Crippen molar-refractivity contribution in [2.24, 2.45) is 5.92 Å². The van der Waals surface area contributed by atoms with Gasteiger partial charge in [-0.3, -0.25) is 9.59 Å². The summed E-state index contributed by atoms with van der Waals surface area (Å²) >= 11 is 1.29. The predicted molar refractivity (Wildman–Crippen MR) is 119 cm³/mol. The minimum Gasteiger partial charge on any atom is -0.311 e. The van der Waals surface area contributed by atoms with Crippen LogP contribution < -0.4 is 10.6 Å². The SMILES string of the molecule is CC(C)(C)c1cc(NC(=O)Cc2csc(NC(=O)C3CC3)n2)n([C@@H]2CCS(=O)(=O)C2)n1. The van der Waals surface area contributed by atoms with E-state index in [-0.39, 0.29) is 47.1 Å². The van der Waals surface area contributed by atoms with E-state index in [1.807, 2.05) is 26.8 Å². The summed E-state index contributed by atoms with van der Waals surface area (Å²) in [6, 6.07) is 1.52. The first-order valence-electron chi connectivity index (χ1n) is 10.4. The molecule has 31 heavy (non-hydrogen) atoms. The van der Waals surface area contributed by atoms with Crippen molar-refractivity contribution in [2.45, 2.75) is 57.9 Å². The Hall–Kier alpha value is -2.27. The number of thiazole rings is 1. The Morgan fingerprint density at radius 1 is 1.23 bits per heavy atom.